The second-order valence-corrected chi connectivity index (χ2v) is 10.1. The molecule has 0 saturated carbocycles. The van der Waals surface area contributed by atoms with Gasteiger partial charge in [0.15, 0.2) is 0 Å². The summed E-state index contributed by atoms with van der Waals surface area (Å²) in [6.07, 6.45) is 1.000. The molecule has 0 unspecified atom stereocenters. The average Bonchev–Trinajstić information content (AvgIpc) is 2.80. The van der Waals surface area contributed by atoms with E-state index in [1.165, 1.54) is 11.4 Å². The van der Waals surface area contributed by atoms with Crippen molar-refractivity contribution >= 4 is 21.8 Å². The van der Waals surface area contributed by atoms with Crippen molar-refractivity contribution in [3.63, 3.8) is 0 Å². The summed E-state index contributed by atoms with van der Waals surface area (Å²) in [5.74, 6) is -0.340. The maximum atomic E-state index is 13.2. The van der Waals surface area contributed by atoms with Gasteiger partial charge < -0.3 is 10.2 Å². The molecule has 2 amide bonds. The number of hydrogen-bond acceptors (Lipinski definition) is 4. The minimum absolute atomic E-state index is 0.149. The van der Waals surface area contributed by atoms with Crippen LogP contribution in [-0.2, 0) is 26.2 Å². The smallest absolute Gasteiger partial charge is 0.242 e. The molecule has 7 nitrogen and oxygen atoms in total. The van der Waals surface area contributed by atoms with Crippen molar-refractivity contribution < 1.29 is 18.0 Å². The lowest BCUT2D eigenvalue weighted by molar-refractivity contribution is -0.141. The Morgan fingerprint density at radius 2 is 1.64 bits per heavy atom. The van der Waals surface area contributed by atoms with Crippen LogP contribution >= 0.6 is 0 Å². The van der Waals surface area contributed by atoms with Gasteiger partial charge in [0.25, 0.3) is 0 Å². The zero-order chi connectivity index (χ0) is 24.4. The molecule has 0 radical (unpaired) electrons. The summed E-state index contributed by atoms with van der Waals surface area (Å²) >= 11 is 0. The van der Waals surface area contributed by atoms with Crippen LogP contribution < -0.4 is 5.32 Å². The first-order chi connectivity index (χ1) is 15.7. The number of nitrogens with one attached hydrogen (secondary N) is 1. The van der Waals surface area contributed by atoms with Gasteiger partial charge in [0, 0.05) is 33.1 Å². The van der Waals surface area contributed by atoms with Crippen molar-refractivity contribution in [2.24, 2.45) is 0 Å². The summed E-state index contributed by atoms with van der Waals surface area (Å²) in [7, 11) is -2.09. The van der Waals surface area contributed by atoms with Crippen LogP contribution in [0.15, 0.2) is 59.5 Å². The zero-order valence-corrected chi connectivity index (χ0v) is 20.8. The molecular formula is C25H35N3O4S. The van der Waals surface area contributed by atoms with Gasteiger partial charge in [0.05, 0.1) is 4.90 Å². The molecule has 0 bridgehead atoms. The lowest BCUT2D eigenvalue weighted by Gasteiger charge is -2.31. The predicted molar refractivity (Wildman–Crippen MR) is 130 cm³/mol. The Kier molecular flexibility index (Phi) is 10.1. The molecule has 8 heteroatoms. The number of carbonyl (C=O) groups is 2. The SMILES string of the molecule is CCNC(=O)[C@H](CC)N(Cc1ccccc1C)C(=O)CCCN(C)S(=O)(=O)c1ccccc1. The van der Waals surface area contributed by atoms with Gasteiger partial charge in [-0.3, -0.25) is 9.59 Å². The normalized spacial score (nSPS) is 12.4. The van der Waals surface area contributed by atoms with E-state index in [4.69, 9.17) is 0 Å². The number of carbonyl (C=O) groups excluding carboxylic acids is 2. The number of amides is 2. The molecule has 0 aliphatic rings. The second-order valence-electron chi connectivity index (χ2n) is 8.01. The van der Waals surface area contributed by atoms with E-state index in [1.807, 2.05) is 45.0 Å². The molecular weight excluding hydrogens is 438 g/mol. The first kappa shape index (κ1) is 26.5. The molecule has 0 aliphatic heterocycles. The second kappa shape index (κ2) is 12.5. The standard InChI is InChI=1S/C25H35N3O4S/c1-5-23(25(30)26-6-2)28(19-21-14-11-10-13-20(21)3)24(29)17-12-18-27(4)33(31,32)22-15-8-7-9-16-22/h7-11,13-16,23H,5-6,12,17-19H2,1-4H3,(H,26,30)/t23-/m0/s1. The Balaban J connectivity index is 2.12. The fourth-order valence-electron chi connectivity index (χ4n) is 3.67. The van der Waals surface area contributed by atoms with Gasteiger partial charge in [-0.1, -0.05) is 49.4 Å². The molecule has 0 heterocycles. The Morgan fingerprint density at radius 1 is 1.00 bits per heavy atom. The fraction of sp³-hybridized carbons (Fsp3) is 0.440. The van der Waals surface area contributed by atoms with Gasteiger partial charge >= 0.3 is 0 Å². The molecule has 180 valence electrons. The van der Waals surface area contributed by atoms with Gasteiger partial charge in [-0.2, -0.15) is 0 Å². The van der Waals surface area contributed by atoms with E-state index in [1.54, 1.807) is 35.2 Å². The molecule has 0 aliphatic carbocycles. The topological polar surface area (TPSA) is 86.8 Å². The third kappa shape index (κ3) is 7.14. The van der Waals surface area contributed by atoms with Gasteiger partial charge in [0.2, 0.25) is 21.8 Å². The summed E-state index contributed by atoms with van der Waals surface area (Å²) < 4.78 is 26.7. The van der Waals surface area contributed by atoms with E-state index in [0.717, 1.165) is 11.1 Å². The van der Waals surface area contributed by atoms with Crippen molar-refractivity contribution in [3.05, 3.63) is 65.7 Å². The highest BCUT2D eigenvalue weighted by Crippen LogP contribution is 2.18. The highest BCUT2D eigenvalue weighted by Gasteiger charge is 2.29. The highest BCUT2D eigenvalue weighted by atomic mass is 32.2. The van der Waals surface area contributed by atoms with Crippen molar-refractivity contribution in [1.82, 2.24) is 14.5 Å². The first-order valence-electron chi connectivity index (χ1n) is 11.3. The fourth-order valence-corrected chi connectivity index (χ4v) is 4.90. The molecule has 33 heavy (non-hydrogen) atoms. The zero-order valence-electron chi connectivity index (χ0n) is 20.0. The van der Waals surface area contributed by atoms with Crippen LogP contribution in [0.3, 0.4) is 0 Å². The minimum Gasteiger partial charge on any atom is -0.355 e. The monoisotopic (exact) mass is 473 g/mol. The molecule has 0 fully saturated rings. The summed E-state index contributed by atoms with van der Waals surface area (Å²) in [4.78, 5) is 27.8. The molecule has 2 aromatic rings. The lowest BCUT2D eigenvalue weighted by atomic mass is 10.1. The maximum absolute atomic E-state index is 13.2. The van der Waals surface area contributed by atoms with E-state index >= 15 is 0 Å². The van der Waals surface area contributed by atoms with Crippen LogP contribution in [0, 0.1) is 6.92 Å². The molecule has 1 atom stereocenters. The van der Waals surface area contributed by atoms with Gasteiger partial charge in [-0.05, 0) is 49.9 Å². The number of benzene rings is 2. The molecule has 1 N–H and O–H groups in total. The number of aryl methyl sites for hydroxylation is 1. The third-order valence-corrected chi connectivity index (χ3v) is 7.52. The molecule has 0 aromatic heterocycles. The van der Waals surface area contributed by atoms with E-state index in [9.17, 15) is 18.0 Å². The van der Waals surface area contributed by atoms with Crippen molar-refractivity contribution in [1.29, 1.82) is 0 Å². The van der Waals surface area contributed by atoms with E-state index in [2.05, 4.69) is 5.32 Å². The van der Waals surface area contributed by atoms with Crippen molar-refractivity contribution in [2.45, 2.75) is 57.5 Å². The Morgan fingerprint density at radius 3 is 2.24 bits per heavy atom. The van der Waals surface area contributed by atoms with Crippen LogP contribution in [0.4, 0.5) is 0 Å². The maximum Gasteiger partial charge on any atom is 0.242 e. The molecule has 2 aromatic carbocycles. The first-order valence-corrected chi connectivity index (χ1v) is 12.8. The number of hydrogen-bond donors (Lipinski definition) is 1. The van der Waals surface area contributed by atoms with Gasteiger partial charge in [0.1, 0.15) is 6.04 Å². The summed E-state index contributed by atoms with van der Waals surface area (Å²) in [5.41, 5.74) is 2.03. The third-order valence-electron chi connectivity index (χ3n) is 5.65. The van der Waals surface area contributed by atoms with Crippen LogP contribution in [0.1, 0.15) is 44.2 Å². The molecule has 2 rings (SSSR count). The summed E-state index contributed by atoms with van der Waals surface area (Å²) in [6.45, 7) is 6.75. The van der Waals surface area contributed by atoms with Crippen molar-refractivity contribution in [2.75, 3.05) is 20.1 Å². The molecule has 0 saturated heterocycles. The summed E-state index contributed by atoms with van der Waals surface area (Å²) in [5, 5.41) is 2.82. The Hall–Kier alpha value is -2.71. The number of rotatable bonds is 12. The van der Waals surface area contributed by atoms with Crippen molar-refractivity contribution in [3.8, 4) is 0 Å². The quantitative estimate of drug-likeness (QED) is 0.512. The molecule has 0 spiro atoms. The van der Waals surface area contributed by atoms with E-state index in [-0.39, 0.29) is 29.7 Å². The number of nitrogens with zero attached hydrogens (tertiary/aromatic N) is 2. The highest BCUT2D eigenvalue weighted by molar-refractivity contribution is 7.89. The van der Waals surface area contributed by atoms with Crippen LogP contribution in [-0.4, -0.2) is 55.6 Å². The lowest BCUT2D eigenvalue weighted by Crippen LogP contribution is -2.49. The van der Waals surface area contributed by atoms with Gasteiger partial charge in [-0.15, -0.1) is 0 Å². The largest absolute Gasteiger partial charge is 0.355 e. The summed E-state index contributed by atoms with van der Waals surface area (Å²) in [6, 6.07) is 15.4. The Bertz CT molecular complexity index is 1020. The average molecular weight is 474 g/mol. The predicted octanol–water partition coefficient (Wildman–Crippen LogP) is 3.34. The Labute approximate surface area is 197 Å². The van der Waals surface area contributed by atoms with E-state index in [0.29, 0.717) is 25.9 Å². The minimum atomic E-state index is -3.61. The number of sulfonamides is 1. The van der Waals surface area contributed by atoms with E-state index < -0.39 is 16.1 Å². The van der Waals surface area contributed by atoms with Crippen LogP contribution in [0.5, 0.6) is 0 Å². The van der Waals surface area contributed by atoms with Crippen LogP contribution in [0.2, 0.25) is 0 Å². The number of likely N-dealkylation sites (N-methyl/N-ethyl adjacent to an activating group) is 1. The van der Waals surface area contributed by atoms with Gasteiger partial charge in [-0.25, -0.2) is 12.7 Å². The van der Waals surface area contributed by atoms with Crippen LogP contribution in [0.25, 0.3) is 0 Å².